The average molecular weight is 214 g/mol. The lowest BCUT2D eigenvalue weighted by molar-refractivity contribution is 0.598. The Morgan fingerprint density at radius 1 is 1.31 bits per heavy atom. The van der Waals surface area contributed by atoms with Gasteiger partial charge in [-0.15, -0.1) is 0 Å². The number of nitrogens with one attached hydrogen (secondary N) is 1. The van der Waals surface area contributed by atoms with Gasteiger partial charge >= 0.3 is 0 Å². The van der Waals surface area contributed by atoms with Crippen molar-refractivity contribution in [2.24, 2.45) is 10.9 Å². The third kappa shape index (κ3) is 2.51. The van der Waals surface area contributed by atoms with Gasteiger partial charge in [0.15, 0.2) is 0 Å². The molecule has 0 bridgehead atoms. The van der Waals surface area contributed by atoms with Crippen LogP contribution in [0, 0.1) is 5.92 Å². The van der Waals surface area contributed by atoms with E-state index in [9.17, 15) is 0 Å². The molecule has 0 radical (unpaired) electrons. The van der Waals surface area contributed by atoms with Crippen LogP contribution in [0.4, 0.5) is 0 Å². The Balaban J connectivity index is 2.09. The Hall–Kier alpha value is -1.57. The summed E-state index contributed by atoms with van der Waals surface area (Å²) in [7, 11) is 0. The maximum Gasteiger partial charge on any atom is 0.0460 e. The Labute approximate surface area is 96.4 Å². The van der Waals surface area contributed by atoms with Gasteiger partial charge in [-0.2, -0.15) is 0 Å². The van der Waals surface area contributed by atoms with Crippen LogP contribution in [0.1, 0.15) is 25.8 Å². The zero-order valence-electron chi connectivity index (χ0n) is 9.90. The van der Waals surface area contributed by atoms with E-state index in [1.807, 2.05) is 18.5 Å². The van der Waals surface area contributed by atoms with E-state index in [-0.39, 0.29) is 0 Å². The second kappa shape index (κ2) is 4.97. The monoisotopic (exact) mass is 214 g/mol. The zero-order chi connectivity index (χ0) is 11.4. The molecule has 0 amide bonds. The van der Waals surface area contributed by atoms with Crippen LogP contribution < -0.4 is 0 Å². The van der Waals surface area contributed by atoms with E-state index in [2.05, 4.69) is 42.0 Å². The lowest BCUT2D eigenvalue weighted by Gasteiger charge is -1.98. The van der Waals surface area contributed by atoms with Crippen molar-refractivity contribution in [3.8, 4) is 0 Å². The standard InChI is InChI=1S/C14H18N2/c1-11(2)7-8-15-9-12-10-16-14-6-4-3-5-13(12)14/h3-6,9-11,16H,7-8H2,1-2H3. The number of hydrogen-bond acceptors (Lipinski definition) is 1. The first-order valence-electron chi connectivity index (χ1n) is 5.83. The molecule has 0 fully saturated rings. The molecular formula is C14H18N2. The summed E-state index contributed by atoms with van der Waals surface area (Å²) >= 11 is 0. The first-order chi connectivity index (χ1) is 7.77. The molecule has 84 valence electrons. The molecule has 1 aromatic heterocycles. The first-order valence-corrected chi connectivity index (χ1v) is 5.83. The van der Waals surface area contributed by atoms with Gasteiger partial charge in [-0.25, -0.2) is 0 Å². The number of aromatic amines is 1. The van der Waals surface area contributed by atoms with Crippen molar-refractivity contribution >= 4 is 17.1 Å². The molecule has 0 atom stereocenters. The van der Waals surface area contributed by atoms with Crippen LogP contribution in [0.5, 0.6) is 0 Å². The van der Waals surface area contributed by atoms with Crippen LogP contribution >= 0.6 is 0 Å². The molecule has 2 rings (SSSR count). The summed E-state index contributed by atoms with van der Waals surface area (Å²) < 4.78 is 0. The van der Waals surface area contributed by atoms with E-state index in [1.54, 1.807) is 0 Å². The average Bonchev–Trinajstić information content (AvgIpc) is 2.68. The molecule has 1 N–H and O–H groups in total. The van der Waals surface area contributed by atoms with Gasteiger partial charge in [-0.3, -0.25) is 4.99 Å². The van der Waals surface area contributed by atoms with Gasteiger partial charge in [0.25, 0.3) is 0 Å². The van der Waals surface area contributed by atoms with Crippen molar-refractivity contribution in [2.75, 3.05) is 6.54 Å². The van der Waals surface area contributed by atoms with Crippen LogP contribution in [0.2, 0.25) is 0 Å². The van der Waals surface area contributed by atoms with Crippen molar-refractivity contribution in [1.29, 1.82) is 0 Å². The molecule has 0 unspecified atom stereocenters. The third-order valence-corrected chi connectivity index (χ3v) is 2.69. The van der Waals surface area contributed by atoms with Gasteiger partial charge in [0.1, 0.15) is 0 Å². The summed E-state index contributed by atoms with van der Waals surface area (Å²) in [6.07, 6.45) is 5.14. The van der Waals surface area contributed by atoms with E-state index in [0.717, 1.165) is 18.9 Å². The van der Waals surface area contributed by atoms with Gasteiger partial charge in [0, 0.05) is 35.4 Å². The maximum absolute atomic E-state index is 4.46. The highest BCUT2D eigenvalue weighted by Gasteiger charge is 1.99. The number of aliphatic imine (C=N–C) groups is 1. The Morgan fingerprint density at radius 2 is 2.12 bits per heavy atom. The predicted molar refractivity (Wildman–Crippen MR) is 70.2 cm³/mol. The fourth-order valence-corrected chi connectivity index (χ4v) is 1.70. The summed E-state index contributed by atoms with van der Waals surface area (Å²) in [5.74, 6) is 0.722. The molecule has 0 aliphatic rings. The van der Waals surface area contributed by atoms with Gasteiger partial charge in [0.05, 0.1) is 0 Å². The molecule has 2 heteroatoms. The molecule has 0 spiro atoms. The van der Waals surface area contributed by atoms with Crippen LogP contribution in [-0.4, -0.2) is 17.7 Å². The smallest absolute Gasteiger partial charge is 0.0460 e. The second-order valence-corrected chi connectivity index (χ2v) is 4.51. The highest BCUT2D eigenvalue weighted by Crippen LogP contribution is 2.15. The summed E-state index contributed by atoms with van der Waals surface area (Å²) in [4.78, 5) is 7.71. The van der Waals surface area contributed by atoms with Crippen LogP contribution in [0.15, 0.2) is 35.5 Å². The summed E-state index contributed by atoms with van der Waals surface area (Å²) in [6.45, 7) is 5.36. The van der Waals surface area contributed by atoms with Crippen molar-refractivity contribution in [2.45, 2.75) is 20.3 Å². The quantitative estimate of drug-likeness (QED) is 0.753. The van der Waals surface area contributed by atoms with Crippen molar-refractivity contribution in [3.05, 3.63) is 36.0 Å². The lowest BCUT2D eigenvalue weighted by atomic mass is 10.1. The molecule has 1 aromatic carbocycles. The highest BCUT2D eigenvalue weighted by atomic mass is 14.7. The summed E-state index contributed by atoms with van der Waals surface area (Å²) in [5, 5.41) is 1.25. The molecule has 1 heterocycles. The van der Waals surface area contributed by atoms with Crippen molar-refractivity contribution in [3.63, 3.8) is 0 Å². The Kier molecular flexibility index (Phi) is 3.40. The molecule has 2 aromatic rings. The number of aromatic nitrogens is 1. The number of benzene rings is 1. The highest BCUT2D eigenvalue weighted by molar-refractivity contribution is 5.98. The Bertz CT molecular complexity index is 480. The Morgan fingerprint density at radius 3 is 2.94 bits per heavy atom. The first kappa shape index (κ1) is 10.9. The summed E-state index contributed by atoms with van der Waals surface area (Å²) in [6, 6.07) is 8.30. The number of hydrogen-bond donors (Lipinski definition) is 1. The molecule has 0 aliphatic heterocycles. The largest absolute Gasteiger partial charge is 0.361 e. The minimum atomic E-state index is 0.722. The number of para-hydroxylation sites is 1. The van der Waals surface area contributed by atoms with E-state index in [1.165, 1.54) is 16.5 Å². The van der Waals surface area contributed by atoms with Crippen molar-refractivity contribution in [1.82, 2.24) is 4.98 Å². The lowest BCUT2D eigenvalue weighted by Crippen LogP contribution is -1.91. The SMILES string of the molecule is CC(C)CCN=Cc1c[nH]c2ccccc12. The van der Waals surface area contributed by atoms with Gasteiger partial charge in [0.2, 0.25) is 0 Å². The van der Waals surface area contributed by atoms with E-state index in [4.69, 9.17) is 0 Å². The third-order valence-electron chi connectivity index (χ3n) is 2.69. The molecule has 0 saturated heterocycles. The minimum Gasteiger partial charge on any atom is -0.361 e. The molecule has 16 heavy (non-hydrogen) atoms. The van der Waals surface area contributed by atoms with Crippen LogP contribution in [-0.2, 0) is 0 Å². The number of fused-ring (bicyclic) bond motifs is 1. The minimum absolute atomic E-state index is 0.722. The van der Waals surface area contributed by atoms with Gasteiger partial charge in [-0.1, -0.05) is 32.0 Å². The van der Waals surface area contributed by atoms with E-state index in [0.29, 0.717) is 0 Å². The molecule has 0 saturated carbocycles. The van der Waals surface area contributed by atoms with Crippen LogP contribution in [0.25, 0.3) is 10.9 Å². The van der Waals surface area contributed by atoms with Gasteiger partial charge in [-0.05, 0) is 18.4 Å². The van der Waals surface area contributed by atoms with Crippen LogP contribution in [0.3, 0.4) is 0 Å². The number of H-pyrrole nitrogens is 1. The van der Waals surface area contributed by atoms with E-state index < -0.39 is 0 Å². The topological polar surface area (TPSA) is 28.1 Å². The fourth-order valence-electron chi connectivity index (χ4n) is 1.70. The van der Waals surface area contributed by atoms with Crippen molar-refractivity contribution < 1.29 is 0 Å². The molecular weight excluding hydrogens is 196 g/mol. The maximum atomic E-state index is 4.46. The fraction of sp³-hybridized carbons (Fsp3) is 0.357. The second-order valence-electron chi connectivity index (χ2n) is 4.51. The molecule has 2 nitrogen and oxygen atoms in total. The zero-order valence-corrected chi connectivity index (χ0v) is 9.90. The normalized spacial score (nSPS) is 11.9. The van der Waals surface area contributed by atoms with Gasteiger partial charge < -0.3 is 4.98 Å². The predicted octanol–water partition coefficient (Wildman–Crippen LogP) is 3.63. The number of rotatable bonds is 4. The molecule has 0 aliphatic carbocycles. The summed E-state index contributed by atoms with van der Waals surface area (Å²) in [5.41, 5.74) is 2.35. The number of nitrogens with zero attached hydrogens (tertiary/aromatic N) is 1. The van der Waals surface area contributed by atoms with E-state index >= 15 is 0 Å².